The molecule has 0 spiro atoms. The highest BCUT2D eigenvalue weighted by atomic mass is 16.8. The van der Waals surface area contributed by atoms with Gasteiger partial charge in [0.1, 0.15) is 12.1 Å². The molecule has 3 fully saturated rings. The van der Waals surface area contributed by atoms with E-state index >= 15 is 0 Å². The molecule has 8 heteroatoms. The first-order valence-electron chi connectivity index (χ1n) is 8.36. The van der Waals surface area contributed by atoms with Crippen LogP contribution in [-0.4, -0.2) is 64.9 Å². The zero-order valence-electron chi connectivity index (χ0n) is 14.8. The van der Waals surface area contributed by atoms with Gasteiger partial charge in [0.15, 0.2) is 0 Å². The Kier molecular flexibility index (Phi) is 3.88. The van der Waals surface area contributed by atoms with Crippen molar-refractivity contribution in [1.82, 2.24) is 15.1 Å². The average Bonchev–Trinajstić information content (AvgIpc) is 3.04. The molecule has 0 aromatic carbocycles. The molecule has 1 N–H and O–H groups in total. The summed E-state index contributed by atoms with van der Waals surface area (Å²) < 4.78 is 11.8. The van der Waals surface area contributed by atoms with Gasteiger partial charge in [0.25, 0.3) is 11.8 Å². The highest BCUT2D eigenvalue weighted by Crippen LogP contribution is 2.48. The van der Waals surface area contributed by atoms with Crippen molar-refractivity contribution in [3.63, 3.8) is 0 Å². The molecule has 3 aliphatic heterocycles. The number of hydrogen-bond acceptors (Lipinski definition) is 5. The van der Waals surface area contributed by atoms with Crippen LogP contribution in [-0.2, 0) is 23.9 Å². The van der Waals surface area contributed by atoms with Crippen LogP contribution in [0.1, 0.15) is 40.5 Å². The van der Waals surface area contributed by atoms with Gasteiger partial charge in [-0.1, -0.05) is 13.8 Å². The Labute approximate surface area is 141 Å². The lowest BCUT2D eigenvalue weighted by molar-refractivity contribution is -0.329. The predicted molar refractivity (Wildman–Crippen MR) is 83.3 cm³/mol. The number of methoxy groups -OCH3 is 1. The van der Waals surface area contributed by atoms with E-state index in [1.807, 2.05) is 13.8 Å². The lowest BCUT2D eigenvalue weighted by atomic mass is 9.94. The van der Waals surface area contributed by atoms with Gasteiger partial charge in [0.05, 0.1) is 0 Å². The van der Waals surface area contributed by atoms with Gasteiger partial charge in [-0.25, -0.2) is 0 Å². The Morgan fingerprint density at radius 2 is 2.08 bits per heavy atom. The molecule has 0 aromatic rings. The van der Waals surface area contributed by atoms with Crippen molar-refractivity contribution in [2.45, 2.75) is 64.3 Å². The molecule has 4 unspecified atom stereocenters. The molecule has 3 aliphatic rings. The zero-order valence-corrected chi connectivity index (χ0v) is 14.8. The summed E-state index contributed by atoms with van der Waals surface area (Å²) in [4.78, 5) is 40.9. The molecule has 3 amide bonds. The molecule has 3 heterocycles. The Morgan fingerprint density at radius 1 is 1.42 bits per heavy atom. The molecule has 4 atom stereocenters. The number of carbonyl (C=O) groups excluding carboxylic acids is 3. The first-order chi connectivity index (χ1) is 11.2. The van der Waals surface area contributed by atoms with Gasteiger partial charge in [0, 0.05) is 20.6 Å². The van der Waals surface area contributed by atoms with Crippen LogP contribution >= 0.6 is 0 Å². The van der Waals surface area contributed by atoms with Crippen LogP contribution in [0.2, 0.25) is 0 Å². The molecule has 0 aromatic heterocycles. The Balaban J connectivity index is 2.13. The maximum Gasteiger partial charge on any atom is 0.280 e. The van der Waals surface area contributed by atoms with Crippen LogP contribution in [0.3, 0.4) is 0 Å². The van der Waals surface area contributed by atoms with Gasteiger partial charge in [-0.15, -0.1) is 0 Å². The highest BCUT2D eigenvalue weighted by molar-refractivity contribution is 5.96. The quantitative estimate of drug-likeness (QED) is 0.784. The third-order valence-electron chi connectivity index (χ3n) is 5.14. The minimum Gasteiger partial charge on any atom is -0.334 e. The second-order valence-electron chi connectivity index (χ2n) is 7.20. The summed E-state index contributed by atoms with van der Waals surface area (Å²) in [5, 5.41) is 2.58. The Hall–Kier alpha value is -1.67. The molecule has 0 bridgehead atoms. The van der Waals surface area contributed by atoms with Crippen molar-refractivity contribution in [3.05, 3.63) is 0 Å². The largest absolute Gasteiger partial charge is 0.334 e. The highest BCUT2D eigenvalue weighted by Gasteiger charge is 2.71. The van der Waals surface area contributed by atoms with Crippen molar-refractivity contribution < 1.29 is 23.9 Å². The number of piperazine rings is 1. The lowest BCUT2D eigenvalue weighted by Crippen LogP contribution is -2.72. The number of fused-ring (bicyclic) bond motifs is 3. The molecule has 3 saturated heterocycles. The molecule has 0 aliphatic carbocycles. The summed E-state index contributed by atoms with van der Waals surface area (Å²) in [5.41, 5.74) is -1.55. The average molecular weight is 339 g/mol. The topological polar surface area (TPSA) is 88.2 Å². The standard InChI is InChI=1S/C16H25N3O5/c1-9(2)12-13(21)18-8-6-7-11(18)16(23-5)19(12)14(22)15(4,24-16)17-10(3)20/h9,11-12H,6-8H2,1-5H3,(H,17,20). The summed E-state index contributed by atoms with van der Waals surface area (Å²) in [6.45, 7) is 7.24. The third-order valence-corrected chi connectivity index (χ3v) is 5.14. The van der Waals surface area contributed by atoms with E-state index in [4.69, 9.17) is 9.47 Å². The van der Waals surface area contributed by atoms with E-state index in [1.54, 1.807) is 4.90 Å². The second kappa shape index (κ2) is 5.42. The van der Waals surface area contributed by atoms with E-state index in [9.17, 15) is 14.4 Å². The summed E-state index contributed by atoms with van der Waals surface area (Å²) in [7, 11) is 1.48. The molecular formula is C16H25N3O5. The number of nitrogens with one attached hydrogen (secondary N) is 1. The van der Waals surface area contributed by atoms with E-state index < -0.39 is 23.6 Å². The summed E-state index contributed by atoms with van der Waals surface area (Å²) in [6.07, 6.45) is 1.51. The summed E-state index contributed by atoms with van der Waals surface area (Å²) in [6, 6.07) is -1.05. The molecule has 24 heavy (non-hydrogen) atoms. The number of hydrogen-bond donors (Lipinski definition) is 1. The molecule has 0 saturated carbocycles. The van der Waals surface area contributed by atoms with Gasteiger partial charge < -0.3 is 15.0 Å². The predicted octanol–water partition coefficient (Wildman–Crippen LogP) is 0.0269. The Bertz CT molecular complexity index is 594. The summed E-state index contributed by atoms with van der Waals surface area (Å²) in [5.74, 6) is -2.39. The fraction of sp³-hybridized carbons (Fsp3) is 0.812. The van der Waals surface area contributed by atoms with Crippen molar-refractivity contribution in [2.24, 2.45) is 5.92 Å². The van der Waals surface area contributed by atoms with Crippen LogP contribution < -0.4 is 5.32 Å². The molecule has 134 valence electrons. The molecule has 8 nitrogen and oxygen atoms in total. The van der Waals surface area contributed by atoms with E-state index in [0.717, 1.165) is 6.42 Å². The Morgan fingerprint density at radius 3 is 2.62 bits per heavy atom. The fourth-order valence-electron chi connectivity index (χ4n) is 4.27. The number of carbonyl (C=O) groups is 3. The maximum atomic E-state index is 13.1. The SMILES string of the molecule is COC12OC(C)(NC(C)=O)C(=O)N1C(C(C)C)C(=O)N1CCCC12. The zero-order chi connectivity index (χ0) is 17.9. The van der Waals surface area contributed by atoms with Gasteiger partial charge in [0.2, 0.25) is 17.5 Å². The van der Waals surface area contributed by atoms with Gasteiger partial charge in [-0.2, -0.15) is 0 Å². The van der Waals surface area contributed by atoms with Crippen LogP contribution in [0, 0.1) is 5.92 Å². The molecule has 0 radical (unpaired) electrons. The van der Waals surface area contributed by atoms with Crippen molar-refractivity contribution in [2.75, 3.05) is 13.7 Å². The van der Waals surface area contributed by atoms with Crippen LogP contribution in [0.5, 0.6) is 0 Å². The van der Waals surface area contributed by atoms with Crippen molar-refractivity contribution >= 4 is 17.7 Å². The number of rotatable bonds is 3. The first kappa shape index (κ1) is 17.2. The van der Waals surface area contributed by atoms with Crippen LogP contribution in [0.15, 0.2) is 0 Å². The van der Waals surface area contributed by atoms with Crippen molar-refractivity contribution in [3.8, 4) is 0 Å². The van der Waals surface area contributed by atoms with E-state index in [2.05, 4.69) is 5.32 Å². The van der Waals surface area contributed by atoms with Crippen LogP contribution in [0.25, 0.3) is 0 Å². The fourth-order valence-corrected chi connectivity index (χ4v) is 4.27. The van der Waals surface area contributed by atoms with E-state index in [0.29, 0.717) is 13.0 Å². The van der Waals surface area contributed by atoms with Gasteiger partial charge in [-0.3, -0.25) is 24.0 Å². The van der Waals surface area contributed by atoms with Crippen LogP contribution in [0.4, 0.5) is 0 Å². The summed E-state index contributed by atoms with van der Waals surface area (Å²) >= 11 is 0. The second-order valence-corrected chi connectivity index (χ2v) is 7.20. The van der Waals surface area contributed by atoms with E-state index in [-0.39, 0.29) is 23.8 Å². The first-order valence-corrected chi connectivity index (χ1v) is 8.36. The number of nitrogens with zero attached hydrogens (tertiary/aromatic N) is 2. The maximum absolute atomic E-state index is 13.1. The molecule has 3 rings (SSSR count). The van der Waals surface area contributed by atoms with Gasteiger partial charge >= 0.3 is 0 Å². The monoisotopic (exact) mass is 339 g/mol. The molecular weight excluding hydrogens is 314 g/mol. The van der Waals surface area contributed by atoms with Crippen molar-refractivity contribution in [1.29, 1.82) is 0 Å². The number of ether oxygens (including phenoxy) is 2. The number of amides is 3. The van der Waals surface area contributed by atoms with E-state index in [1.165, 1.54) is 25.9 Å². The normalized spacial score (nSPS) is 38.6. The third kappa shape index (κ3) is 2.09. The minimum absolute atomic E-state index is 0.0794. The van der Waals surface area contributed by atoms with Gasteiger partial charge in [-0.05, 0) is 25.7 Å². The minimum atomic E-state index is -1.55. The lowest BCUT2D eigenvalue weighted by Gasteiger charge is -2.51. The smallest absolute Gasteiger partial charge is 0.280 e.